The maximum Gasteiger partial charge on any atom is 0.261 e. The normalized spacial score (nSPS) is 12.8. The Bertz CT molecular complexity index is 2650. The molecule has 14 nitrogen and oxygen atoms in total. The van der Waals surface area contributed by atoms with Crippen molar-refractivity contribution in [1.29, 1.82) is 0 Å². The largest absolute Gasteiger partial charge is 0.372 e. The van der Waals surface area contributed by atoms with Gasteiger partial charge in [-0.1, -0.05) is 99.4 Å². The molecule has 1 unspecified atom stereocenters. The second-order valence-corrected chi connectivity index (χ2v) is 20.9. The highest BCUT2D eigenvalue weighted by Crippen LogP contribution is 2.32. The average Bonchev–Trinajstić information content (AvgIpc) is 3.86. The van der Waals surface area contributed by atoms with Gasteiger partial charge in [0.25, 0.3) is 20.0 Å². The van der Waals surface area contributed by atoms with Gasteiger partial charge < -0.3 is 9.64 Å². The van der Waals surface area contributed by atoms with Gasteiger partial charge in [0.05, 0.1) is 62.4 Å². The van der Waals surface area contributed by atoms with Crippen molar-refractivity contribution in [2.24, 2.45) is 0 Å². The van der Waals surface area contributed by atoms with Crippen LogP contribution in [0.1, 0.15) is 84.0 Å². The number of nitrogens with one attached hydrogen (secondary N) is 2. The van der Waals surface area contributed by atoms with Crippen LogP contribution in [0.4, 0.5) is 11.4 Å². The minimum absolute atomic E-state index is 0.0605. The van der Waals surface area contributed by atoms with Gasteiger partial charge in [0.15, 0.2) is 0 Å². The number of hydrogen-bond donors (Lipinski definition) is 2. The maximum atomic E-state index is 13.1. The zero-order chi connectivity index (χ0) is 44.9. The van der Waals surface area contributed by atoms with E-state index in [1.165, 1.54) is 4.68 Å². The molecule has 326 valence electrons. The lowest BCUT2D eigenvalue weighted by Crippen LogP contribution is -2.18. The lowest BCUT2D eigenvalue weighted by Gasteiger charge is -2.19. The third-order valence-electron chi connectivity index (χ3n) is 9.43. The van der Waals surface area contributed by atoms with Gasteiger partial charge in [0.2, 0.25) is 0 Å². The third kappa shape index (κ3) is 12.0. The molecule has 2 N–H and O–H groups in total. The number of rotatable bonds is 13. The first-order valence-corrected chi connectivity index (χ1v) is 23.2. The van der Waals surface area contributed by atoms with Crippen LogP contribution in [-0.4, -0.2) is 72.4 Å². The second-order valence-electron chi connectivity index (χ2n) is 16.6. The predicted molar refractivity (Wildman–Crippen MR) is 242 cm³/mol. The topological polar surface area (TPSA) is 166 Å². The molecule has 0 amide bonds. The van der Waals surface area contributed by atoms with Crippen molar-refractivity contribution in [2.75, 3.05) is 30.1 Å². The number of halogens is 2. The Balaban J connectivity index is 0.000000231. The molecule has 0 aliphatic heterocycles. The van der Waals surface area contributed by atoms with Crippen molar-refractivity contribution in [1.82, 2.24) is 34.9 Å². The maximum absolute atomic E-state index is 13.1. The zero-order valence-corrected chi connectivity index (χ0v) is 39.1. The third-order valence-corrected chi connectivity index (χ3v) is 12.7. The van der Waals surface area contributed by atoms with Gasteiger partial charge >= 0.3 is 0 Å². The molecule has 0 aliphatic carbocycles. The summed E-state index contributed by atoms with van der Waals surface area (Å²) in [6.07, 6.45) is 2.95. The molecule has 0 spiro atoms. The van der Waals surface area contributed by atoms with E-state index >= 15 is 0 Å². The number of sulfonamides is 2. The highest BCUT2D eigenvalue weighted by Gasteiger charge is 2.23. The summed E-state index contributed by atoms with van der Waals surface area (Å²) in [6, 6.07) is 23.6. The van der Waals surface area contributed by atoms with Crippen molar-refractivity contribution >= 4 is 54.6 Å². The van der Waals surface area contributed by atoms with E-state index in [0.29, 0.717) is 51.6 Å². The first-order chi connectivity index (χ1) is 28.5. The van der Waals surface area contributed by atoms with Crippen LogP contribution in [0.5, 0.6) is 0 Å². The fourth-order valence-corrected chi connectivity index (χ4v) is 8.62. The lowest BCUT2D eigenvalue weighted by atomic mass is 9.87. The van der Waals surface area contributed by atoms with E-state index in [4.69, 9.17) is 27.9 Å². The van der Waals surface area contributed by atoms with Crippen LogP contribution in [0.2, 0.25) is 10.0 Å². The fourth-order valence-electron chi connectivity index (χ4n) is 6.14. The van der Waals surface area contributed by atoms with Crippen molar-refractivity contribution in [3.63, 3.8) is 0 Å². The van der Waals surface area contributed by atoms with Gasteiger partial charge in [-0.15, -0.1) is 10.2 Å². The summed E-state index contributed by atoms with van der Waals surface area (Å²) in [5.41, 5.74) is 5.13. The average molecular weight is 911 g/mol. The Morgan fingerprint density at radius 1 is 0.672 bits per heavy atom. The van der Waals surface area contributed by atoms with Crippen LogP contribution >= 0.6 is 23.2 Å². The smallest absolute Gasteiger partial charge is 0.261 e. The Morgan fingerprint density at radius 2 is 1.10 bits per heavy atom. The number of benzene rings is 4. The van der Waals surface area contributed by atoms with Crippen LogP contribution in [-0.2, 0) is 42.2 Å². The fraction of sp³-hybridized carbons (Fsp3) is 0.349. The summed E-state index contributed by atoms with van der Waals surface area (Å²) < 4.78 is 66.3. The van der Waals surface area contributed by atoms with Crippen molar-refractivity contribution in [3.8, 4) is 11.4 Å². The van der Waals surface area contributed by atoms with Crippen LogP contribution < -0.4 is 9.44 Å². The number of ether oxygens (including phenoxy) is 1. The molecular formula is C43H53Cl2N9O5S2. The Morgan fingerprint density at radius 3 is 1.52 bits per heavy atom. The molecule has 0 fully saturated rings. The van der Waals surface area contributed by atoms with Gasteiger partial charge in [0.1, 0.15) is 0 Å². The minimum atomic E-state index is -3.83. The molecular weight excluding hydrogens is 858 g/mol. The molecule has 0 aliphatic rings. The number of hydrogen-bond acceptors (Lipinski definition) is 10. The molecule has 0 saturated heterocycles. The standard InChI is InChI=1S/C22H27ClN4O3S.C21H26ClN5O2S/c1-6-30-15(2)21-14-24-26-27(21)20-13-17(23)9-12-19(20)25-31(28,29)18-10-7-16(8-11-18)22(3,4)5;1-21(2,3)15-6-9-18(10-7-15)30(28,29)24-19-11-8-16(22)12-20(19)27-17(13-23-25-27)14-26(4)5/h7-15,25H,6H2,1-5H3;6-13,24H,14H2,1-5H3. The molecule has 18 heteroatoms. The van der Waals surface area contributed by atoms with E-state index in [1.807, 2.05) is 57.1 Å². The first kappa shape index (κ1) is 47.2. The summed E-state index contributed by atoms with van der Waals surface area (Å²) in [6.45, 7) is 17.4. The van der Waals surface area contributed by atoms with Gasteiger partial charge in [-0.05, 0) is 111 Å². The van der Waals surface area contributed by atoms with E-state index in [9.17, 15) is 16.8 Å². The van der Waals surface area contributed by atoms with Gasteiger partial charge in [-0.2, -0.15) is 0 Å². The SMILES string of the molecule is CCOC(C)c1cnnn1-c1cc(Cl)ccc1NS(=O)(=O)c1ccc(C(C)(C)C)cc1.CN(C)Cc1cnnn1-c1cc(Cl)ccc1NS(=O)(=O)c1ccc(C(C)(C)C)cc1. The molecule has 2 heterocycles. The van der Waals surface area contributed by atoms with E-state index in [1.54, 1.807) is 77.7 Å². The molecule has 0 bridgehead atoms. The molecule has 0 radical (unpaired) electrons. The zero-order valence-electron chi connectivity index (χ0n) is 36.0. The number of anilines is 2. The minimum Gasteiger partial charge on any atom is -0.372 e. The summed E-state index contributed by atoms with van der Waals surface area (Å²) in [7, 11) is -3.77. The van der Waals surface area contributed by atoms with Crippen LogP contribution in [0.3, 0.4) is 0 Å². The van der Waals surface area contributed by atoms with E-state index in [0.717, 1.165) is 16.8 Å². The number of aromatic nitrogens is 6. The molecule has 4 aromatic carbocycles. The van der Waals surface area contributed by atoms with Crippen LogP contribution in [0.15, 0.2) is 107 Å². The Labute approximate surface area is 369 Å². The molecule has 1 atom stereocenters. The van der Waals surface area contributed by atoms with Gasteiger partial charge in [0, 0.05) is 23.2 Å². The summed E-state index contributed by atoms with van der Waals surface area (Å²) in [4.78, 5) is 2.33. The van der Waals surface area contributed by atoms with Crippen LogP contribution in [0, 0.1) is 0 Å². The monoisotopic (exact) mass is 909 g/mol. The van der Waals surface area contributed by atoms with Gasteiger partial charge in [-0.3, -0.25) is 9.44 Å². The molecule has 0 saturated carbocycles. The molecule has 61 heavy (non-hydrogen) atoms. The lowest BCUT2D eigenvalue weighted by molar-refractivity contribution is 0.0716. The highest BCUT2D eigenvalue weighted by molar-refractivity contribution is 7.93. The van der Waals surface area contributed by atoms with E-state index < -0.39 is 20.0 Å². The summed E-state index contributed by atoms with van der Waals surface area (Å²) in [5.74, 6) is 0. The second kappa shape index (κ2) is 19.1. The Kier molecular flexibility index (Phi) is 14.7. The summed E-state index contributed by atoms with van der Waals surface area (Å²) in [5, 5.41) is 17.1. The van der Waals surface area contributed by atoms with E-state index in [2.05, 4.69) is 71.6 Å². The highest BCUT2D eigenvalue weighted by atomic mass is 35.5. The predicted octanol–water partition coefficient (Wildman–Crippen LogP) is 9.20. The molecule has 6 rings (SSSR count). The quantitative estimate of drug-likeness (QED) is 0.114. The van der Waals surface area contributed by atoms with Gasteiger partial charge in [-0.25, -0.2) is 26.2 Å². The Hall–Kier alpha value is -4.84. The van der Waals surface area contributed by atoms with Crippen molar-refractivity contribution < 1.29 is 21.6 Å². The van der Waals surface area contributed by atoms with Crippen LogP contribution in [0.25, 0.3) is 11.4 Å². The van der Waals surface area contributed by atoms with E-state index in [-0.39, 0.29) is 26.7 Å². The number of nitrogens with zero attached hydrogens (tertiary/aromatic N) is 7. The molecule has 2 aromatic heterocycles. The first-order valence-electron chi connectivity index (χ1n) is 19.4. The van der Waals surface area contributed by atoms with Crippen molar-refractivity contribution in [3.05, 3.63) is 130 Å². The summed E-state index contributed by atoms with van der Waals surface area (Å²) >= 11 is 12.4. The van der Waals surface area contributed by atoms with Crippen molar-refractivity contribution in [2.45, 2.75) is 88.7 Å². The molecule has 6 aromatic rings.